The highest BCUT2D eigenvalue weighted by atomic mass is 16.4. The van der Waals surface area contributed by atoms with Crippen LogP contribution in [0.4, 0.5) is 0 Å². The first-order valence-corrected chi connectivity index (χ1v) is 9.05. The van der Waals surface area contributed by atoms with Crippen molar-refractivity contribution in [3.8, 4) is 0 Å². The van der Waals surface area contributed by atoms with Crippen LogP contribution in [-0.2, 0) is 33.6 Å². The van der Waals surface area contributed by atoms with E-state index in [1.807, 2.05) is 0 Å². The quantitative estimate of drug-likeness (QED) is 0.119. The number of hydrogen-bond donors (Lipinski definition) is 8. The van der Waals surface area contributed by atoms with Gasteiger partial charge in [-0.1, -0.05) is 0 Å². The SMILES string of the molecule is NCC(=O)NC(CCC(N)=O)C(=O)NC(CC(N)=O)C(=O)NC(CCC(N)=O)C(=O)O. The van der Waals surface area contributed by atoms with Crippen molar-refractivity contribution < 1.29 is 38.7 Å². The maximum atomic E-state index is 12.5. The Balaban J connectivity index is 5.41. The predicted octanol–water partition coefficient (Wildman–Crippen LogP) is -5.11. The molecule has 15 nitrogen and oxygen atoms in total. The summed E-state index contributed by atoms with van der Waals surface area (Å²) in [4.78, 5) is 80.9. The van der Waals surface area contributed by atoms with Crippen LogP contribution in [0.2, 0.25) is 0 Å². The predicted molar refractivity (Wildman–Crippen MR) is 103 cm³/mol. The van der Waals surface area contributed by atoms with Gasteiger partial charge >= 0.3 is 5.97 Å². The summed E-state index contributed by atoms with van der Waals surface area (Å²) in [6.07, 6.45) is -1.89. The average molecular weight is 445 g/mol. The van der Waals surface area contributed by atoms with Crippen molar-refractivity contribution in [1.29, 1.82) is 0 Å². The third kappa shape index (κ3) is 11.7. The number of nitrogens with two attached hydrogens (primary N) is 4. The van der Waals surface area contributed by atoms with Gasteiger partial charge in [-0.05, 0) is 12.8 Å². The molecule has 31 heavy (non-hydrogen) atoms. The molecule has 0 radical (unpaired) electrons. The maximum Gasteiger partial charge on any atom is 0.326 e. The van der Waals surface area contributed by atoms with Gasteiger partial charge in [0.15, 0.2) is 0 Å². The highest BCUT2D eigenvalue weighted by molar-refractivity contribution is 5.96. The summed E-state index contributed by atoms with van der Waals surface area (Å²) in [6.45, 7) is -0.467. The lowest BCUT2D eigenvalue weighted by Crippen LogP contribution is -2.57. The lowest BCUT2D eigenvalue weighted by molar-refractivity contribution is -0.142. The molecule has 3 unspecified atom stereocenters. The number of carbonyl (C=O) groups is 7. The van der Waals surface area contributed by atoms with Gasteiger partial charge in [0.1, 0.15) is 18.1 Å². The van der Waals surface area contributed by atoms with Gasteiger partial charge < -0.3 is 44.0 Å². The summed E-state index contributed by atoms with van der Waals surface area (Å²) in [5.74, 6) is -6.81. The zero-order chi connectivity index (χ0) is 24.1. The minimum absolute atomic E-state index is 0.228. The third-order valence-electron chi connectivity index (χ3n) is 3.85. The largest absolute Gasteiger partial charge is 0.480 e. The number of amides is 6. The summed E-state index contributed by atoms with van der Waals surface area (Å²) in [5.41, 5.74) is 20.2. The molecule has 0 bridgehead atoms. The Hall–Kier alpha value is -3.75. The molecular formula is C16H27N7O8. The van der Waals surface area contributed by atoms with E-state index < -0.39 is 72.5 Å². The topological polar surface area (TPSA) is 280 Å². The highest BCUT2D eigenvalue weighted by Gasteiger charge is 2.30. The number of carboxylic acid groups (broad SMARTS) is 1. The van der Waals surface area contributed by atoms with Crippen LogP contribution in [-0.4, -0.2) is 71.2 Å². The standard InChI is InChI=1S/C16H27N7O8/c17-6-13(27)21-7(1-3-10(18)24)14(28)23-9(5-12(20)26)15(29)22-8(16(30)31)2-4-11(19)25/h7-9H,1-6,17H2,(H2,18,24)(H2,19,25)(H2,20,26)(H,21,27)(H,22,29)(H,23,28)(H,30,31). The Labute approximate surface area is 176 Å². The van der Waals surface area contributed by atoms with Gasteiger partial charge in [-0.25, -0.2) is 4.79 Å². The van der Waals surface area contributed by atoms with Gasteiger partial charge in [0, 0.05) is 12.8 Å². The Morgan fingerprint density at radius 1 is 0.677 bits per heavy atom. The van der Waals surface area contributed by atoms with Gasteiger partial charge in [-0.2, -0.15) is 0 Å². The molecule has 174 valence electrons. The fraction of sp³-hybridized carbons (Fsp3) is 0.562. The molecule has 0 aromatic carbocycles. The van der Waals surface area contributed by atoms with Crippen LogP contribution < -0.4 is 38.9 Å². The number of aliphatic carboxylic acids is 1. The lowest BCUT2D eigenvalue weighted by Gasteiger charge is -2.23. The second kappa shape index (κ2) is 13.5. The molecule has 0 aliphatic carbocycles. The van der Waals surface area contributed by atoms with E-state index in [0.29, 0.717) is 0 Å². The molecule has 0 aromatic heterocycles. The normalized spacial score (nSPS) is 13.2. The Bertz CT molecular complexity index is 727. The summed E-state index contributed by atoms with van der Waals surface area (Å²) in [6, 6.07) is -4.46. The molecule has 0 fully saturated rings. The van der Waals surface area contributed by atoms with E-state index in [2.05, 4.69) is 16.0 Å². The smallest absolute Gasteiger partial charge is 0.326 e. The van der Waals surface area contributed by atoms with Gasteiger partial charge in [0.2, 0.25) is 35.4 Å². The average Bonchev–Trinajstić information content (AvgIpc) is 2.66. The third-order valence-corrected chi connectivity index (χ3v) is 3.85. The Kier molecular flexibility index (Phi) is 11.8. The van der Waals surface area contributed by atoms with E-state index >= 15 is 0 Å². The first kappa shape index (κ1) is 27.2. The van der Waals surface area contributed by atoms with Crippen molar-refractivity contribution >= 4 is 41.4 Å². The van der Waals surface area contributed by atoms with Gasteiger partial charge in [0.25, 0.3) is 0 Å². The number of hydrogen-bond acceptors (Lipinski definition) is 8. The molecule has 3 atom stereocenters. The van der Waals surface area contributed by atoms with Crippen molar-refractivity contribution in [3.63, 3.8) is 0 Å². The molecule has 12 N–H and O–H groups in total. The molecule has 0 aromatic rings. The zero-order valence-corrected chi connectivity index (χ0v) is 16.6. The minimum atomic E-state index is -1.61. The van der Waals surface area contributed by atoms with E-state index in [-0.39, 0.29) is 25.7 Å². The van der Waals surface area contributed by atoms with Gasteiger partial charge in [-0.15, -0.1) is 0 Å². The van der Waals surface area contributed by atoms with E-state index in [9.17, 15) is 33.6 Å². The molecule has 15 heteroatoms. The van der Waals surface area contributed by atoms with Crippen LogP contribution in [0.25, 0.3) is 0 Å². The molecule has 6 amide bonds. The molecule has 0 spiro atoms. The van der Waals surface area contributed by atoms with Crippen molar-refractivity contribution in [2.75, 3.05) is 6.54 Å². The van der Waals surface area contributed by atoms with E-state index in [1.165, 1.54) is 0 Å². The summed E-state index contributed by atoms with van der Waals surface area (Å²) in [5, 5.41) is 15.6. The van der Waals surface area contributed by atoms with Crippen molar-refractivity contribution in [3.05, 3.63) is 0 Å². The summed E-state index contributed by atoms with van der Waals surface area (Å²) >= 11 is 0. The van der Waals surface area contributed by atoms with E-state index in [0.717, 1.165) is 0 Å². The van der Waals surface area contributed by atoms with E-state index in [4.69, 9.17) is 28.0 Å². The number of primary amides is 3. The first-order chi connectivity index (χ1) is 14.4. The molecule has 0 aliphatic rings. The molecular weight excluding hydrogens is 418 g/mol. The summed E-state index contributed by atoms with van der Waals surface area (Å²) < 4.78 is 0. The second-order valence-electron chi connectivity index (χ2n) is 6.47. The Morgan fingerprint density at radius 3 is 1.55 bits per heavy atom. The van der Waals surface area contributed by atoms with Gasteiger partial charge in [-0.3, -0.25) is 28.8 Å². The molecule has 0 saturated heterocycles. The fourth-order valence-corrected chi connectivity index (χ4v) is 2.31. The number of nitrogens with one attached hydrogen (secondary N) is 3. The molecule has 0 saturated carbocycles. The number of rotatable bonds is 15. The van der Waals surface area contributed by atoms with Gasteiger partial charge in [0.05, 0.1) is 13.0 Å². The van der Waals surface area contributed by atoms with Crippen LogP contribution in [0.15, 0.2) is 0 Å². The highest BCUT2D eigenvalue weighted by Crippen LogP contribution is 2.03. The minimum Gasteiger partial charge on any atom is -0.480 e. The molecule has 0 aliphatic heterocycles. The molecule has 0 rings (SSSR count). The first-order valence-electron chi connectivity index (χ1n) is 9.05. The zero-order valence-electron chi connectivity index (χ0n) is 16.6. The van der Waals surface area contributed by atoms with E-state index in [1.54, 1.807) is 0 Å². The van der Waals surface area contributed by atoms with Crippen LogP contribution in [0.1, 0.15) is 32.1 Å². The maximum absolute atomic E-state index is 12.5. The Morgan fingerprint density at radius 2 is 1.13 bits per heavy atom. The second-order valence-corrected chi connectivity index (χ2v) is 6.47. The lowest BCUT2D eigenvalue weighted by atomic mass is 10.1. The van der Waals surface area contributed by atoms with Crippen LogP contribution in [0.5, 0.6) is 0 Å². The van der Waals surface area contributed by atoms with Crippen molar-refractivity contribution in [2.45, 2.75) is 50.2 Å². The fourth-order valence-electron chi connectivity index (χ4n) is 2.31. The summed E-state index contributed by atoms with van der Waals surface area (Å²) in [7, 11) is 0. The molecule has 0 heterocycles. The van der Waals surface area contributed by atoms with Crippen LogP contribution in [0, 0.1) is 0 Å². The van der Waals surface area contributed by atoms with Crippen molar-refractivity contribution in [2.24, 2.45) is 22.9 Å². The monoisotopic (exact) mass is 445 g/mol. The van der Waals surface area contributed by atoms with Crippen LogP contribution >= 0.6 is 0 Å². The number of carboxylic acids is 1. The van der Waals surface area contributed by atoms with Crippen LogP contribution in [0.3, 0.4) is 0 Å². The number of carbonyl (C=O) groups excluding carboxylic acids is 6. The van der Waals surface area contributed by atoms with Crippen molar-refractivity contribution in [1.82, 2.24) is 16.0 Å².